The third-order valence-electron chi connectivity index (χ3n) is 5.96. The lowest BCUT2D eigenvalue weighted by Crippen LogP contribution is -2.49. The van der Waals surface area contributed by atoms with Crippen LogP contribution in [0, 0.1) is 0 Å². The van der Waals surface area contributed by atoms with E-state index in [1.807, 2.05) is 17.0 Å². The maximum Gasteiger partial charge on any atom is 0.490 e. The molecule has 4 heterocycles. The van der Waals surface area contributed by atoms with Gasteiger partial charge in [0.15, 0.2) is 0 Å². The van der Waals surface area contributed by atoms with Crippen LogP contribution in [-0.4, -0.2) is 90.6 Å². The smallest absolute Gasteiger partial charge is 0.475 e. The molecule has 32 heavy (non-hydrogen) atoms. The largest absolute Gasteiger partial charge is 0.490 e. The SMILES string of the molecule is O=C(Cc1ccco1)N1CC[C@]2(CCC[C@@H](CN3CCOCC3)O2)C1.O=C(O)C(F)(F)F. The number of likely N-dealkylation sites (tertiary alicyclic amines) is 1. The van der Waals surface area contributed by atoms with Crippen LogP contribution in [0.25, 0.3) is 0 Å². The van der Waals surface area contributed by atoms with Gasteiger partial charge in [0.05, 0.1) is 37.6 Å². The fourth-order valence-electron chi connectivity index (χ4n) is 4.36. The normalized spacial score (nSPS) is 26.6. The van der Waals surface area contributed by atoms with Crippen molar-refractivity contribution in [3.8, 4) is 0 Å². The highest BCUT2D eigenvalue weighted by Gasteiger charge is 2.44. The second-order valence-corrected chi connectivity index (χ2v) is 8.35. The van der Waals surface area contributed by atoms with Gasteiger partial charge < -0.3 is 23.9 Å². The molecule has 1 amide bonds. The van der Waals surface area contributed by atoms with Crippen molar-refractivity contribution < 1.29 is 41.8 Å². The molecule has 2 atom stereocenters. The molecular formula is C21H29F3N2O6. The Balaban J connectivity index is 0.000000360. The number of carbonyl (C=O) groups is 2. The molecule has 0 bridgehead atoms. The molecule has 3 aliphatic rings. The van der Waals surface area contributed by atoms with Gasteiger partial charge in [0.2, 0.25) is 5.91 Å². The van der Waals surface area contributed by atoms with Crippen molar-refractivity contribution in [3.63, 3.8) is 0 Å². The first-order valence-electron chi connectivity index (χ1n) is 10.8. The van der Waals surface area contributed by atoms with Crippen molar-refractivity contribution in [2.45, 2.75) is 50.0 Å². The summed E-state index contributed by atoms with van der Waals surface area (Å²) in [5, 5.41) is 7.12. The number of morpholine rings is 1. The first-order chi connectivity index (χ1) is 15.2. The van der Waals surface area contributed by atoms with Gasteiger partial charge in [0.1, 0.15) is 5.76 Å². The van der Waals surface area contributed by atoms with Gasteiger partial charge >= 0.3 is 12.1 Å². The highest BCUT2D eigenvalue weighted by Crippen LogP contribution is 2.37. The minimum Gasteiger partial charge on any atom is -0.475 e. The fraction of sp³-hybridized carbons (Fsp3) is 0.714. The van der Waals surface area contributed by atoms with Gasteiger partial charge in [-0.1, -0.05) is 0 Å². The van der Waals surface area contributed by atoms with Crippen molar-refractivity contribution in [2.24, 2.45) is 0 Å². The molecule has 3 fully saturated rings. The van der Waals surface area contributed by atoms with E-state index in [9.17, 15) is 18.0 Å². The van der Waals surface area contributed by atoms with E-state index in [-0.39, 0.29) is 17.6 Å². The number of rotatable bonds is 4. The maximum absolute atomic E-state index is 12.5. The molecule has 0 unspecified atom stereocenters. The number of carboxylic acid groups (broad SMARTS) is 1. The molecule has 0 radical (unpaired) electrons. The van der Waals surface area contributed by atoms with Crippen molar-refractivity contribution in [1.82, 2.24) is 9.80 Å². The maximum atomic E-state index is 12.5. The van der Waals surface area contributed by atoms with Crippen molar-refractivity contribution in [1.29, 1.82) is 0 Å². The summed E-state index contributed by atoms with van der Waals surface area (Å²) in [6.07, 6.45) is 1.50. The van der Waals surface area contributed by atoms with E-state index in [4.69, 9.17) is 23.8 Å². The van der Waals surface area contributed by atoms with E-state index in [1.54, 1.807) is 6.26 Å². The number of hydrogen-bond donors (Lipinski definition) is 1. The quantitative estimate of drug-likeness (QED) is 0.734. The van der Waals surface area contributed by atoms with Crippen LogP contribution in [0.5, 0.6) is 0 Å². The van der Waals surface area contributed by atoms with E-state index >= 15 is 0 Å². The standard InChI is InChI=1S/C19H28N2O4.C2HF3O2/c22-18(13-16-4-2-10-24-16)21-7-6-19(15-21)5-1-3-17(25-19)14-20-8-11-23-12-9-20;3-2(4,5)1(6)7/h2,4,10,17H,1,3,5-9,11-15H2;(H,6,7)/t17-,19+;/m0./s1. The zero-order valence-electron chi connectivity index (χ0n) is 17.8. The first-order valence-corrected chi connectivity index (χ1v) is 10.8. The molecule has 1 N–H and O–H groups in total. The lowest BCUT2D eigenvalue weighted by Gasteiger charge is -2.41. The van der Waals surface area contributed by atoms with Crippen LogP contribution < -0.4 is 0 Å². The summed E-state index contributed by atoms with van der Waals surface area (Å²) < 4.78 is 49.0. The molecule has 1 spiro atoms. The zero-order chi connectivity index (χ0) is 23.2. The Hall–Kier alpha value is -2.11. The number of carbonyl (C=O) groups excluding carboxylic acids is 1. The van der Waals surface area contributed by atoms with Gasteiger partial charge in [-0.3, -0.25) is 9.69 Å². The van der Waals surface area contributed by atoms with E-state index < -0.39 is 12.1 Å². The van der Waals surface area contributed by atoms with Crippen LogP contribution >= 0.6 is 0 Å². The van der Waals surface area contributed by atoms with Gasteiger partial charge in [-0.25, -0.2) is 4.79 Å². The molecule has 4 rings (SSSR count). The molecule has 0 saturated carbocycles. The predicted octanol–water partition coefficient (Wildman–Crippen LogP) is 2.33. The minimum atomic E-state index is -5.08. The summed E-state index contributed by atoms with van der Waals surface area (Å²) in [7, 11) is 0. The summed E-state index contributed by atoms with van der Waals surface area (Å²) in [5.74, 6) is -1.88. The Morgan fingerprint density at radius 2 is 1.91 bits per heavy atom. The van der Waals surface area contributed by atoms with E-state index in [0.717, 1.165) is 71.0 Å². The summed E-state index contributed by atoms with van der Waals surface area (Å²) in [6, 6.07) is 3.69. The van der Waals surface area contributed by atoms with Gasteiger partial charge in [0, 0.05) is 32.7 Å². The molecule has 1 aromatic heterocycles. The van der Waals surface area contributed by atoms with Gasteiger partial charge in [-0.2, -0.15) is 13.2 Å². The lowest BCUT2D eigenvalue weighted by atomic mass is 9.90. The molecule has 0 aromatic carbocycles. The predicted molar refractivity (Wildman–Crippen MR) is 106 cm³/mol. The molecule has 3 saturated heterocycles. The lowest BCUT2D eigenvalue weighted by molar-refractivity contribution is -0.192. The molecule has 8 nitrogen and oxygen atoms in total. The summed E-state index contributed by atoms with van der Waals surface area (Å²) in [5.41, 5.74) is -0.131. The Kier molecular flexibility index (Phi) is 8.18. The average molecular weight is 462 g/mol. The zero-order valence-corrected chi connectivity index (χ0v) is 17.8. The summed E-state index contributed by atoms with van der Waals surface area (Å²) in [4.78, 5) is 25.8. The Morgan fingerprint density at radius 3 is 2.53 bits per heavy atom. The van der Waals surface area contributed by atoms with E-state index in [1.165, 1.54) is 6.42 Å². The Labute approximate surface area is 184 Å². The number of alkyl halides is 3. The van der Waals surface area contributed by atoms with E-state index in [2.05, 4.69) is 4.90 Å². The number of halogens is 3. The molecule has 180 valence electrons. The van der Waals surface area contributed by atoms with Crippen LogP contribution in [0.1, 0.15) is 31.4 Å². The molecular weight excluding hydrogens is 433 g/mol. The second kappa shape index (κ2) is 10.7. The molecule has 3 aliphatic heterocycles. The second-order valence-electron chi connectivity index (χ2n) is 8.35. The average Bonchev–Trinajstić information content (AvgIpc) is 3.39. The third kappa shape index (κ3) is 6.94. The number of aliphatic carboxylic acids is 1. The highest BCUT2D eigenvalue weighted by molar-refractivity contribution is 5.78. The van der Waals surface area contributed by atoms with E-state index in [0.29, 0.717) is 6.42 Å². The van der Waals surface area contributed by atoms with Crippen LogP contribution in [0.3, 0.4) is 0 Å². The number of furan rings is 1. The van der Waals surface area contributed by atoms with Crippen LogP contribution in [0.2, 0.25) is 0 Å². The molecule has 0 aliphatic carbocycles. The minimum absolute atomic E-state index is 0.131. The van der Waals surface area contributed by atoms with Crippen LogP contribution in [-0.2, 0) is 25.5 Å². The molecule has 11 heteroatoms. The van der Waals surface area contributed by atoms with Gasteiger partial charge in [-0.05, 0) is 37.8 Å². The van der Waals surface area contributed by atoms with Gasteiger partial charge in [-0.15, -0.1) is 0 Å². The Bertz CT molecular complexity index is 751. The van der Waals surface area contributed by atoms with Crippen molar-refractivity contribution >= 4 is 11.9 Å². The van der Waals surface area contributed by atoms with Crippen molar-refractivity contribution in [3.05, 3.63) is 24.2 Å². The molecule has 1 aromatic rings. The summed E-state index contributed by atoms with van der Waals surface area (Å²) in [6.45, 7) is 6.17. The van der Waals surface area contributed by atoms with Crippen LogP contribution in [0.15, 0.2) is 22.8 Å². The van der Waals surface area contributed by atoms with Gasteiger partial charge in [0.25, 0.3) is 0 Å². The fourth-order valence-corrected chi connectivity index (χ4v) is 4.36. The number of nitrogens with zero attached hydrogens (tertiary/aromatic N) is 2. The van der Waals surface area contributed by atoms with Crippen LogP contribution in [0.4, 0.5) is 13.2 Å². The number of carboxylic acids is 1. The first kappa shape index (κ1) is 24.5. The third-order valence-corrected chi connectivity index (χ3v) is 5.96. The highest BCUT2D eigenvalue weighted by atomic mass is 19.4. The topological polar surface area (TPSA) is 92.5 Å². The number of hydrogen-bond acceptors (Lipinski definition) is 6. The monoisotopic (exact) mass is 462 g/mol. The van der Waals surface area contributed by atoms with Crippen molar-refractivity contribution in [2.75, 3.05) is 45.9 Å². The number of ether oxygens (including phenoxy) is 2. The summed E-state index contributed by atoms with van der Waals surface area (Å²) >= 11 is 0. The Morgan fingerprint density at radius 1 is 1.19 bits per heavy atom. The number of amides is 1.